The molecule has 1 aliphatic rings. The zero-order valence-corrected chi connectivity index (χ0v) is 10.2. The number of esters is 1. The Kier molecular flexibility index (Phi) is 4.52. The standard InChI is InChI=1S/C12H19NO3/c1-9(2)7-11(14)13-6-4-5-10(8-13)12(15)16-3/h7,10H,4-6,8H2,1-3H3. The number of hydrogen-bond donors (Lipinski definition) is 0. The minimum absolute atomic E-state index is 0.00592. The Morgan fingerprint density at radius 2 is 2.06 bits per heavy atom. The van der Waals surface area contributed by atoms with Crippen molar-refractivity contribution >= 4 is 11.9 Å². The van der Waals surface area contributed by atoms with Crippen LogP contribution >= 0.6 is 0 Å². The second-order valence-electron chi connectivity index (χ2n) is 4.37. The molecule has 4 nitrogen and oxygen atoms in total. The summed E-state index contributed by atoms with van der Waals surface area (Å²) < 4.78 is 4.71. The van der Waals surface area contributed by atoms with Crippen molar-refractivity contribution in [3.05, 3.63) is 11.6 Å². The second kappa shape index (κ2) is 5.68. The SMILES string of the molecule is COC(=O)C1CCCN(C(=O)C=C(C)C)C1. The fourth-order valence-corrected chi connectivity index (χ4v) is 1.87. The van der Waals surface area contributed by atoms with Gasteiger partial charge in [0.25, 0.3) is 0 Å². The van der Waals surface area contributed by atoms with Crippen molar-refractivity contribution in [2.45, 2.75) is 26.7 Å². The third kappa shape index (κ3) is 3.36. The molecule has 0 N–H and O–H groups in total. The van der Waals surface area contributed by atoms with Gasteiger partial charge >= 0.3 is 5.97 Å². The fraction of sp³-hybridized carbons (Fsp3) is 0.667. The van der Waals surface area contributed by atoms with Crippen molar-refractivity contribution in [2.75, 3.05) is 20.2 Å². The Bertz CT molecular complexity index is 305. The Balaban J connectivity index is 2.60. The summed E-state index contributed by atoms with van der Waals surface area (Å²) in [5, 5.41) is 0. The zero-order valence-electron chi connectivity index (χ0n) is 10.2. The van der Waals surface area contributed by atoms with E-state index < -0.39 is 0 Å². The number of carbonyl (C=O) groups excluding carboxylic acids is 2. The monoisotopic (exact) mass is 225 g/mol. The van der Waals surface area contributed by atoms with E-state index >= 15 is 0 Å². The number of allylic oxidation sites excluding steroid dienone is 1. The number of carbonyl (C=O) groups is 2. The molecule has 1 fully saturated rings. The number of rotatable bonds is 2. The van der Waals surface area contributed by atoms with E-state index in [-0.39, 0.29) is 17.8 Å². The Hall–Kier alpha value is -1.32. The molecule has 16 heavy (non-hydrogen) atoms. The van der Waals surface area contributed by atoms with Crippen LogP contribution in [0.1, 0.15) is 26.7 Å². The van der Waals surface area contributed by atoms with Crippen molar-refractivity contribution in [3.63, 3.8) is 0 Å². The van der Waals surface area contributed by atoms with Crippen LogP contribution in [-0.4, -0.2) is 37.0 Å². The van der Waals surface area contributed by atoms with Gasteiger partial charge in [0, 0.05) is 19.2 Å². The Labute approximate surface area is 96.3 Å². The van der Waals surface area contributed by atoms with Crippen LogP contribution in [0.25, 0.3) is 0 Å². The van der Waals surface area contributed by atoms with Gasteiger partial charge in [-0.05, 0) is 26.7 Å². The van der Waals surface area contributed by atoms with Crippen molar-refractivity contribution in [2.24, 2.45) is 5.92 Å². The van der Waals surface area contributed by atoms with Gasteiger partial charge in [0.05, 0.1) is 13.0 Å². The maximum absolute atomic E-state index is 11.8. The summed E-state index contributed by atoms with van der Waals surface area (Å²) in [4.78, 5) is 24.9. The summed E-state index contributed by atoms with van der Waals surface area (Å²) in [5.74, 6) is -0.378. The highest BCUT2D eigenvalue weighted by Gasteiger charge is 2.28. The molecule has 1 amide bonds. The zero-order chi connectivity index (χ0) is 12.1. The highest BCUT2D eigenvalue weighted by atomic mass is 16.5. The van der Waals surface area contributed by atoms with Crippen LogP contribution < -0.4 is 0 Å². The maximum atomic E-state index is 11.8. The molecular weight excluding hydrogens is 206 g/mol. The molecule has 1 aliphatic heterocycles. The largest absolute Gasteiger partial charge is 0.469 e. The van der Waals surface area contributed by atoms with Crippen molar-refractivity contribution in [1.29, 1.82) is 0 Å². The average molecular weight is 225 g/mol. The minimum Gasteiger partial charge on any atom is -0.469 e. The van der Waals surface area contributed by atoms with Gasteiger partial charge in [0.2, 0.25) is 5.91 Å². The summed E-state index contributed by atoms with van der Waals surface area (Å²) in [6.45, 7) is 4.99. The molecule has 0 aromatic rings. The van der Waals surface area contributed by atoms with Crippen LogP contribution in [0.5, 0.6) is 0 Å². The van der Waals surface area contributed by atoms with E-state index in [2.05, 4.69) is 0 Å². The van der Waals surface area contributed by atoms with E-state index in [1.54, 1.807) is 11.0 Å². The lowest BCUT2D eigenvalue weighted by molar-refractivity contribution is -0.148. The lowest BCUT2D eigenvalue weighted by Gasteiger charge is -2.30. The molecule has 0 aromatic carbocycles. The fourth-order valence-electron chi connectivity index (χ4n) is 1.87. The summed E-state index contributed by atoms with van der Waals surface area (Å²) in [6, 6.07) is 0. The summed E-state index contributed by atoms with van der Waals surface area (Å²) >= 11 is 0. The normalized spacial score (nSPS) is 20.2. The van der Waals surface area contributed by atoms with Crippen molar-refractivity contribution < 1.29 is 14.3 Å². The van der Waals surface area contributed by atoms with E-state index in [0.29, 0.717) is 6.54 Å². The summed E-state index contributed by atoms with van der Waals surface area (Å²) in [5.41, 5.74) is 0.977. The van der Waals surface area contributed by atoms with Crippen LogP contribution in [0.3, 0.4) is 0 Å². The quantitative estimate of drug-likeness (QED) is 0.526. The first kappa shape index (κ1) is 12.7. The molecule has 1 rings (SSSR count). The van der Waals surface area contributed by atoms with E-state index in [1.165, 1.54) is 7.11 Å². The molecule has 1 heterocycles. The summed E-state index contributed by atoms with van der Waals surface area (Å²) in [6.07, 6.45) is 3.28. The van der Waals surface area contributed by atoms with Crippen LogP contribution in [0.4, 0.5) is 0 Å². The molecule has 1 atom stereocenters. The van der Waals surface area contributed by atoms with Gasteiger partial charge in [-0.25, -0.2) is 0 Å². The minimum atomic E-state index is -0.213. The predicted molar refractivity (Wildman–Crippen MR) is 60.8 cm³/mol. The van der Waals surface area contributed by atoms with Gasteiger partial charge in [-0.3, -0.25) is 9.59 Å². The second-order valence-corrected chi connectivity index (χ2v) is 4.37. The highest BCUT2D eigenvalue weighted by Crippen LogP contribution is 2.18. The molecule has 90 valence electrons. The molecular formula is C12H19NO3. The molecule has 0 bridgehead atoms. The number of methoxy groups -OCH3 is 1. The lowest BCUT2D eigenvalue weighted by atomic mass is 9.98. The molecule has 0 aliphatic carbocycles. The number of piperidine rings is 1. The average Bonchev–Trinajstić information content (AvgIpc) is 2.27. The van der Waals surface area contributed by atoms with Gasteiger partial charge in [0.1, 0.15) is 0 Å². The first-order valence-corrected chi connectivity index (χ1v) is 5.56. The van der Waals surface area contributed by atoms with E-state index in [4.69, 9.17) is 4.74 Å². The highest BCUT2D eigenvalue weighted by molar-refractivity contribution is 5.88. The summed E-state index contributed by atoms with van der Waals surface area (Å²) in [7, 11) is 1.39. The van der Waals surface area contributed by atoms with Gasteiger partial charge in [-0.2, -0.15) is 0 Å². The predicted octanol–water partition coefficient (Wildman–Crippen LogP) is 1.36. The Morgan fingerprint density at radius 3 is 2.62 bits per heavy atom. The van der Waals surface area contributed by atoms with Crippen LogP contribution in [0.15, 0.2) is 11.6 Å². The molecule has 0 aromatic heterocycles. The molecule has 1 unspecified atom stereocenters. The lowest BCUT2D eigenvalue weighted by Crippen LogP contribution is -2.42. The smallest absolute Gasteiger partial charge is 0.310 e. The number of hydrogen-bond acceptors (Lipinski definition) is 3. The third-order valence-electron chi connectivity index (χ3n) is 2.68. The number of amides is 1. The number of ether oxygens (including phenoxy) is 1. The number of likely N-dealkylation sites (tertiary alicyclic amines) is 1. The van der Waals surface area contributed by atoms with Crippen LogP contribution in [0.2, 0.25) is 0 Å². The van der Waals surface area contributed by atoms with Crippen LogP contribution in [0, 0.1) is 5.92 Å². The van der Waals surface area contributed by atoms with Crippen molar-refractivity contribution in [1.82, 2.24) is 4.90 Å². The number of nitrogens with zero attached hydrogens (tertiary/aromatic N) is 1. The molecule has 4 heteroatoms. The van der Waals surface area contributed by atoms with Crippen molar-refractivity contribution in [3.8, 4) is 0 Å². The molecule has 0 radical (unpaired) electrons. The first-order valence-electron chi connectivity index (χ1n) is 5.56. The Morgan fingerprint density at radius 1 is 1.38 bits per heavy atom. The van der Waals surface area contributed by atoms with Gasteiger partial charge in [-0.1, -0.05) is 5.57 Å². The molecule has 0 saturated carbocycles. The van der Waals surface area contributed by atoms with E-state index in [0.717, 1.165) is 25.0 Å². The van der Waals surface area contributed by atoms with E-state index in [1.807, 2.05) is 13.8 Å². The third-order valence-corrected chi connectivity index (χ3v) is 2.68. The topological polar surface area (TPSA) is 46.6 Å². The van der Waals surface area contributed by atoms with Gasteiger partial charge in [0.15, 0.2) is 0 Å². The van der Waals surface area contributed by atoms with Gasteiger partial charge in [-0.15, -0.1) is 0 Å². The van der Waals surface area contributed by atoms with Gasteiger partial charge < -0.3 is 9.64 Å². The molecule has 1 saturated heterocycles. The molecule has 0 spiro atoms. The van der Waals surface area contributed by atoms with E-state index in [9.17, 15) is 9.59 Å². The van der Waals surface area contributed by atoms with Crippen LogP contribution in [-0.2, 0) is 14.3 Å². The first-order chi connectivity index (χ1) is 7.54. The maximum Gasteiger partial charge on any atom is 0.310 e.